The number of anilines is 1. The number of nitrogens with one attached hydrogen (secondary N) is 1. The van der Waals surface area contributed by atoms with Gasteiger partial charge in [0.1, 0.15) is 0 Å². The predicted octanol–water partition coefficient (Wildman–Crippen LogP) is 3.62. The highest BCUT2D eigenvalue weighted by molar-refractivity contribution is 9.10. The van der Waals surface area contributed by atoms with Crippen LogP contribution in [0, 0.1) is 10.1 Å². The van der Waals surface area contributed by atoms with Gasteiger partial charge in [0.2, 0.25) is 0 Å². The SMILES string of the molecule is CC(OC(=O)CCCn1c(=O)oc2cc([N+](=O)[O-])ccc21)C(=O)Nc1ccc(Br)cc1. The maximum atomic E-state index is 12.2. The van der Waals surface area contributed by atoms with E-state index in [1.165, 1.54) is 29.7 Å². The van der Waals surface area contributed by atoms with Crippen LogP contribution in [0.25, 0.3) is 11.1 Å². The third-order valence-corrected chi connectivity index (χ3v) is 4.94. The summed E-state index contributed by atoms with van der Waals surface area (Å²) in [7, 11) is 0. The third kappa shape index (κ3) is 5.57. The number of benzene rings is 2. The average molecular weight is 492 g/mol. The number of hydrogen-bond acceptors (Lipinski definition) is 7. The van der Waals surface area contributed by atoms with Crippen LogP contribution < -0.4 is 11.1 Å². The van der Waals surface area contributed by atoms with Gasteiger partial charge in [-0.15, -0.1) is 0 Å². The van der Waals surface area contributed by atoms with E-state index >= 15 is 0 Å². The molecule has 0 saturated heterocycles. The van der Waals surface area contributed by atoms with Crippen LogP contribution in [0.2, 0.25) is 0 Å². The van der Waals surface area contributed by atoms with E-state index in [1.807, 2.05) is 0 Å². The Morgan fingerprint density at radius 3 is 2.65 bits per heavy atom. The number of non-ortho nitro benzene ring substituents is 1. The van der Waals surface area contributed by atoms with Gasteiger partial charge in [0.05, 0.1) is 16.5 Å². The van der Waals surface area contributed by atoms with Gasteiger partial charge in [0.25, 0.3) is 11.6 Å². The van der Waals surface area contributed by atoms with Crippen molar-refractivity contribution in [1.29, 1.82) is 0 Å². The molecule has 0 aliphatic rings. The number of rotatable bonds is 8. The van der Waals surface area contributed by atoms with Gasteiger partial charge in [-0.1, -0.05) is 15.9 Å². The second kappa shape index (κ2) is 9.56. The Labute approximate surface area is 184 Å². The van der Waals surface area contributed by atoms with Crippen LogP contribution in [0.3, 0.4) is 0 Å². The molecule has 3 rings (SSSR count). The minimum atomic E-state index is -0.992. The van der Waals surface area contributed by atoms with E-state index in [2.05, 4.69) is 21.2 Å². The molecule has 0 spiro atoms. The van der Waals surface area contributed by atoms with Gasteiger partial charge in [-0.25, -0.2) is 4.79 Å². The second-order valence-electron chi connectivity index (χ2n) is 6.66. The Bertz CT molecular complexity index is 1180. The number of nitrogens with zero attached hydrogens (tertiary/aromatic N) is 2. The highest BCUT2D eigenvalue weighted by Crippen LogP contribution is 2.20. The zero-order valence-electron chi connectivity index (χ0n) is 16.4. The molecular weight excluding hydrogens is 474 g/mol. The van der Waals surface area contributed by atoms with Gasteiger partial charge in [0.15, 0.2) is 11.7 Å². The molecule has 0 saturated carbocycles. The molecule has 162 valence electrons. The fourth-order valence-electron chi connectivity index (χ4n) is 2.85. The number of carbonyl (C=O) groups excluding carboxylic acids is 2. The first kappa shape index (κ1) is 22.2. The lowest BCUT2D eigenvalue weighted by atomic mass is 10.2. The Balaban J connectivity index is 1.52. The van der Waals surface area contributed by atoms with Gasteiger partial charge in [-0.2, -0.15) is 0 Å². The van der Waals surface area contributed by atoms with Crippen molar-refractivity contribution in [3.63, 3.8) is 0 Å². The van der Waals surface area contributed by atoms with E-state index < -0.39 is 28.7 Å². The van der Waals surface area contributed by atoms with Crippen molar-refractivity contribution in [2.45, 2.75) is 32.4 Å². The summed E-state index contributed by atoms with van der Waals surface area (Å²) in [4.78, 5) is 46.5. The number of ether oxygens (including phenoxy) is 1. The Kier molecular flexibility index (Phi) is 6.85. The number of fused-ring (bicyclic) bond motifs is 1. The smallest absolute Gasteiger partial charge is 0.419 e. The van der Waals surface area contributed by atoms with Crippen molar-refractivity contribution in [2.75, 3.05) is 5.32 Å². The summed E-state index contributed by atoms with van der Waals surface area (Å²) in [6.45, 7) is 1.62. The number of amides is 1. The topological polar surface area (TPSA) is 134 Å². The molecule has 1 N–H and O–H groups in total. The Hall–Kier alpha value is -3.47. The fraction of sp³-hybridized carbons (Fsp3) is 0.250. The quantitative estimate of drug-likeness (QED) is 0.288. The summed E-state index contributed by atoms with van der Waals surface area (Å²) in [5.41, 5.74) is 0.876. The number of oxazole rings is 1. The number of nitro benzene ring substituents is 1. The van der Waals surface area contributed by atoms with Crippen molar-refractivity contribution in [2.24, 2.45) is 0 Å². The molecule has 3 aromatic rings. The number of carbonyl (C=O) groups is 2. The van der Waals surface area contributed by atoms with Crippen LogP contribution in [-0.4, -0.2) is 27.5 Å². The van der Waals surface area contributed by atoms with Crippen molar-refractivity contribution >= 4 is 50.3 Å². The van der Waals surface area contributed by atoms with Crippen LogP contribution in [0.1, 0.15) is 19.8 Å². The van der Waals surface area contributed by atoms with E-state index in [0.717, 1.165) is 4.47 Å². The molecule has 31 heavy (non-hydrogen) atoms. The number of nitro groups is 1. The summed E-state index contributed by atoms with van der Waals surface area (Å²) in [6.07, 6.45) is -0.762. The average Bonchev–Trinajstić information content (AvgIpc) is 3.04. The Morgan fingerprint density at radius 2 is 1.97 bits per heavy atom. The molecule has 2 aromatic carbocycles. The molecule has 1 heterocycles. The molecular formula is C20H18BrN3O7. The molecule has 0 bridgehead atoms. The minimum Gasteiger partial charge on any atom is -0.453 e. The van der Waals surface area contributed by atoms with E-state index in [-0.39, 0.29) is 30.7 Å². The molecule has 0 fully saturated rings. The van der Waals surface area contributed by atoms with Gasteiger partial charge in [-0.05, 0) is 43.7 Å². The van der Waals surface area contributed by atoms with Gasteiger partial charge in [-0.3, -0.25) is 24.3 Å². The molecule has 0 aliphatic heterocycles. The first-order valence-electron chi connectivity index (χ1n) is 9.28. The first-order chi connectivity index (χ1) is 14.7. The van der Waals surface area contributed by atoms with Gasteiger partial charge in [0, 0.05) is 29.2 Å². The second-order valence-corrected chi connectivity index (χ2v) is 7.58. The maximum absolute atomic E-state index is 12.2. The first-order valence-corrected chi connectivity index (χ1v) is 10.1. The van der Waals surface area contributed by atoms with Crippen molar-refractivity contribution in [1.82, 2.24) is 4.57 Å². The van der Waals surface area contributed by atoms with Crippen LogP contribution in [0.15, 0.2) is 56.1 Å². The van der Waals surface area contributed by atoms with E-state index in [0.29, 0.717) is 11.2 Å². The lowest BCUT2D eigenvalue weighted by molar-refractivity contribution is -0.384. The number of aromatic nitrogens is 1. The van der Waals surface area contributed by atoms with E-state index in [1.54, 1.807) is 24.3 Å². The van der Waals surface area contributed by atoms with Crippen LogP contribution in [0.5, 0.6) is 0 Å². The Morgan fingerprint density at radius 1 is 1.26 bits per heavy atom. The molecule has 0 aliphatic carbocycles. The number of esters is 1. The highest BCUT2D eigenvalue weighted by Gasteiger charge is 2.19. The van der Waals surface area contributed by atoms with E-state index in [9.17, 15) is 24.5 Å². The predicted molar refractivity (Wildman–Crippen MR) is 115 cm³/mol. The number of halogens is 1. The van der Waals surface area contributed by atoms with Crippen LogP contribution >= 0.6 is 15.9 Å². The summed E-state index contributed by atoms with van der Waals surface area (Å²) in [5, 5.41) is 13.5. The molecule has 1 unspecified atom stereocenters. The molecule has 1 amide bonds. The monoisotopic (exact) mass is 491 g/mol. The highest BCUT2D eigenvalue weighted by atomic mass is 79.9. The minimum absolute atomic E-state index is 0.0258. The van der Waals surface area contributed by atoms with Crippen molar-refractivity contribution in [3.8, 4) is 0 Å². The fourth-order valence-corrected chi connectivity index (χ4v) is 3.11. The summed E-state index contributed by atoms with van der Waals surface area (Å²) in [5.74, 6) is -1.73. The maximum Gasteiger partial charge on any atom is 0.419 e. The van der Waals surface area contributed by atoms with Crippen LogP contribution in [0.4, 0.5) is 11.4 Å². The molecule has 0 radical (unpaired) electrons. The van der Waals surface area contributed by atoms with Crippen LogP contribution in [-0.2, 0) is 20.9 Å². The van der Waals surface area contributed by atoms with E-state index in [4.69, 9.17) is 9.15 Å². The molecule has 1 atom stereocenters. The number of hydrogen-bond donors (Lipinski definition) is 1. The normalized spacial score (nSPS) is 11.8. The lowest BCUT2D eigenvalue weighted by Gasteiger charge is -2.13. The molecule has 10 nitrogen and oxygen atoms in total. The largest absolute Gasteiger partial charge is 0.453 e. The third-order valence-electron chi connectivity index (χ3n) is 4.41. The number of aryl methyl sites for hydroxylation is 1. The van der Waals surface area contributed by atoms with Gasteiger partial charge >= 0.3 is 11.7 Å². The molecule has 11 heteroatoms. The zero-order valence-corrected chi connectivity index (χ0v) is 18.0. The molecule has 1 aromatic heterocycles. The standard InChI is InChI=1S/C20H18BrN3O7/c1-12(19(26)22-14-6-4-13(21)5-7-14)30-18(25)3-2-10-23-16-9-8-15(24(28)29)11-17(16)31-20(23)27/h4-9,11-12H,2-3,10H2,1H3,(H,22,26). The lowest BCUT2D eigenvalue weighted by Crippen LogP contribution is -2.30. The van der Waals surface area contributed by atoms with Crippen molar-refractivity contribution in [3.05, 3.63) is 67.6 Å². The summed E-state index contributed by atoms with van der Waals surface area (Å²) in [6, 6.07) is 10.8. The summed E-state index contributed by atoms with van der Waals surface area (Å²) >= 11 is 3.30. The zero-order chi connectivity index (χ0) is 22.5. The summed E-state index contributed by atoms with van der Waals surface area (Å²) < 4.78 is 12.3. The van der Waals surface area contributed by atoms with Crippen molar-refractivity contribution < 1.29 is 23.7 Å². The van der Waals surface area contributed by atoms with Gasteiger partial charge < -0.3 is 14.5 Å².